The Kier molecular flexibility index (Phi) is 5.72. The monoisotopic (exact) mass is 496 g/mol. The molecule has 0 radical (unpaired) electrons. The first-order valence-electron chi connectivity index (χ1n) is 15.4. The molecule has 3 nitrogen and oxygen atoms in total. The van der Waals surface area contributed by atoms with E-state index in [0.717, 1.165) is 24.7 Å². The molecule has 3 heteroatoms. The molecule has 0 amide bonds. The fraction of sp³-hybridized carbons (Fsp3) is 0.909. The second-order valence-electron chi connectivity index (χ2n) is 15.7. The van der Waals surface area contributed by atoms with Crippen LogP contribution in [0.2, 0.25) is 0 Å². The van der Waals surface area contributed by atoms with Crippen molar-refractivity contribution in [3.8, 4) is 0 Å². The molecular formula is C33H52O3. The number of aliphatic hydroxyl groups is 1. The van der Waals surface area contributed by atoms with Crippen molar-refractivity contribution in [1.82, 2.24) is 0 Å². The van der Waals surface area contributed by atoms with Gasteiger partial charge in [0.25, 0.3) is 0 Å². The lowest BCUT2D eigenvalue weighted by Crippen LogP contribution is -2.66. The fourth-order valence-electron chi connectivity index (χ4n) is 12.3. The van der Waals surface area contributed by atoms with Gasteiger partial charge in [-0.2, -0.15) is 0 Å². The van der Waals surface area contributed by atoms with Crippen molar-refractivity contribution in [2.45, 2.75) is 125 Å². The molecule has 10 atom stereocenters. The van der Waals surface area contributed by atoms with Gasteiger partial charge in [-0.25, -0.2) is 0 Å². The minimum Gasteiger partial charge on any atom is -0.465 e. The third-order valence-corrected chi connectivity index (χ3v) is 14.5. The number of fused-ring (bicyclic) bond motifs is 5. The second-order valence-corrected chi connectivity index (χ2v) is 15.7. The van der Waals surface area contributed by atoms with E-state index in [-0.39, 0.29) is 22.9 Å². The molecule has 0 aromatic rings. The van der Waals surface area contributed by atoms with E-state index in [0.29, 0.717) is 47.0 Å². The summed E-state index contributed by atoms with van der Waals surface area (Å²) < 4.78 is 6.02. The van der Waals surface area contributed by atoms with Gasteiger partial charge in [-0.15, -0.1) is 0 Å². The second kappa shape index (κ2) is 8.09. The largest absolute Gasteiger partial charge is 0.465 e. The molecule has 0 aromatic carbocycles. The highest BCUT2D eigenvalue weighted by molar-refractivity contribution is 5.69. The first-order chi connectivity index (χ1) is 16.9. The SMILES string of the molecule is C/C1=C/CCC(=O)OC[C@]23CC[C@@H]1[C@@H]2[C@H]1CC[C@@H]2[C@@]4(C)CC[C@H](O)C(C)(C)[C@@H]4CC[C@@]2(C)[C@]1(C)CC3. The zero-order valence-corrected chi connectivity index (χ0v) is 24.0. The fourth-order valence-corrected chi connectivity index (χ4v) is 12.3. The van der Waals surface area contributed by atoms with Crippen LogP contribution in [0.25, 0.3) is 0 Å². The van der Waals surface area contributed by atoms with E-state index in [4.69, 9.17) is 4.74 Å². The predicted molar refractivity (Wildman–Crippen MR) is 144 cm³/mol. The number of carbonyl (C=O) groups excluding carboxylic acids is 1. The molecule has 2 bridgehead atoms. The Bertz CT molecular complexity index is 951. The smallest absolute Gasteiger partial charge is 0.306 e. The van der Waals surface area contributed by atoms with Gasteiger partial charge >= 0.3 is 5.97 Å². The summed E-state index contributed by atoms with van der Waals surface area (Å²) in [4.78, 5) is 12.5. The first-order valence-corrected chi connectivity index (χ1v) is 15.4. The standard InChI is InChI=1S/C33H52O3/c1-21-8-7-9-27(35)36-20-33-17-12-22(21)28(33)23-10-11-25-30(4)15-14-26(34)29(2,3)24(30)13-16-32(25,6)31(23,5)18-19-33/h8,22-26,28,34H,7,9-20H2,1-6H3/b21-8-/t22-,23+,24-,25+,26-,28+,30-,31+,32+,33+/m0/s1. The first kappa shape index (κ1) is 25.4. The summed E-state index contributed by atoms with van der Waals surface area (Å²) in [7, 11) is 0. The Labute approximate surface area is 220 Å². The van der Waals surface area contributed by atoms with Crippen molar-refractivity contribution in [2.24, 2.45) is 56.7 Å². The van der Waals surface area contributed by atoms with Crippen LogP contribution in [0.4, 0.5) is 0 Å². The summed E-state index contributed by atoms with van der Waals surface area (Å²) in [5.41, 5.74) is 2.80. The molecular weight excluding hydrogens is 444 g/mol. The van der Waals surface area contributed by atoms with E-state index < -0.39 is 0 Å². The Morgan fingerprint density at radius 2 is 1.64 bits per heavy atom. The zero-order chi connectivity index (χ0) is 25.7. The van der Waals surface area contributed by atoms with Gasteiger partial charge in [0.05, 0.1) is 12.7 Å². The molecule has 6 rings (SSSR count). The van der Waals surface area contributed by atoms with E-state index in [1.165, 1.54) is 57.8 Å². The molecule has 0 unspecified atom stereocenters. The average Bonchev–Trinajstić information content (AvgIpc) is 3.20. The lowest BCUT2D eigenvalue weighted by molar-refractivity contribution is -0.250. The summed E-state index contributed by atoms with van der Waals surface area (Å²) in [6, 6.07) is 0. The van der Waals surface area contributed by atoms with Crippen LogP contribution in [0, 0.1) is 56.7 Å². The molecule has 6 aliphatic rings. The number of rotatable bonds is 0. The van der Waals surface area contributed by atoms with Crippen LogP contribution >= 0.6 is 0 Å². The Morgan fingerprint density at radius 1 is 0.861 bits per heavy atom. The molecule has 1 heterocycles. The van der Waals surface area contributed by atoms with Crippen molar-refractivity contribution in [2.75, 3.05) is 6.61 Å². The number of hydrogen-bond acceptors (Lipinski definition) is 3. The number of allylic oxidation sites excluding steroid dienone is 2. The van der Waals surface area contributed by atoms with Gasteiger partial charge in [0.1, 0.15) is 0 Å². The molecule has 0 spiro atoms. The highest BCUT2D eigenvalue weighted by atomic mass is 16.5. The highest BCUT2D eigenvalue weighted by Gasteiger charge is 2.71. The van der Waals surface area contributed by atoms with Crippen LogP contribution in [0.1, 0.15) is 119 Å². The van der Waals surface area contributed by atoms with Crippen LogP contribution in [0.3, 0.4) is 0 Å². The maximum absolute atomic E-state index is 12.5. The summed E-state index contributed by atoms with van der Waals surface area (Å²) in [5.74, 6) is 3.43. The number of aliphatic hydroxyl groups excluding tert-OH is 1. The Morgan fingerprint density at radius 3 is 2.42 bits per heavy atom. The van der Waals surface area contributed by atoms with Crippen LogP contribution in [0.15, 0.2) is 11.6 Å². The van der Waals surface area contributed by atoms with Crippen molar-refractivity contribution < 1.29 is 14.6 Å². The lowest BCUT2D eigenvalue weighted by Gasteiger charge is -2.73. The van der Waals surface area contributed by atoms with Gasteiger partial charge in [-0.1, -0.05) is 46.3 Å². The summed E-state index contributed by atoms with van der Waals surface area (Å²) >= 11 is 0. The van der Waals surface area contributed by atoms with Crippen LogP contribution in [-0.4, -0.2) is 23.8 Å². The van der Waals surface area contributed by atoms with Crippen LogP contribution in [-0.2, 0) is 9.53 Å². The third-order valence-electron chi connectivity index (χ3n) is 14.5. The van der Waals surface area contributed by atoms with Gasteiger partial charge in [0.15, 0.2) is 0 Å². The topological polar surface area (TPSA) is 46.5 Å². The number of esters is 1. The van der Waals surface area contributed by atoms with E-state index >= 15 is 0 Å². The van der Waals surface area contributed by atoms with E-state index in [1.54, 1.807) is 5.57 Å². The van der Waals surface area contributed by atoms with Crippen molar-refractivity contribution in [3.05, 3.63) is 11.6 Å². The highest BCUT2D eigenvalue weighted by Crippen LogP contribution is 2.77. The van der Waals surface area contributed by atoms with E-state index in [9.17, 15) is 9.90 Å². The van der Waals surface area contributed by atoms with Gasteiger partial charge in [0.2, 0.25) is 0 Å². The number of hydrogen-bond donors (Lipinski definition) is 1. The molecule has 5 aliphatic carbocycles. The van der Waals surface area contributed by atoms with Crippen molar-refractivity contribution in [1.29, 1.82) is 0 Å². The molecule has 1 N–H and O–H groups in total. The predicted octanol–water partition coefficient (Wildman–Crippen LogP) is 7.71. The van der Waals surface area contributed by atoms with Gasteiger partial charge in [-0.3, -0.25) is 4.79 Å². The summed E-state index contributed by atoms with van der Waals surface area (Å²) in [5, 5.41) is 11.0. The Balaban J connectivity index is 1.39. The summed E-state index contributed by atoms with van der Waals surface area (Å²) in [6.45, 7) is 15.8. The molecule has 36 heavy (non-hydrogen) atoms. The normalized spacial score (nSPS) is 55.6. The van der Waals surface area contributed by atoms with E-state index in [1.807, 2.05) is 0 Å². The van der Waals surface area contributed by atoms with Crippen LogP contribution in [0.5, 0.6) is 0 Å². The van der Waals surface area contributed by atoms with Gasteiger partial charge in [0, 0.05) is 11.8 Å². The number of cyclic esters (lactones) is 1. The number of ether oxygens (including phenoxy) is 1. The molecule has 1 aliphatic heterocycles. The zero-order valence-electron chi connectivity index (χ0n) is 24.0. The van der Waals surface area contributed by atoms with Gasteiger partial charge < -0.3 is 9.84 Å². The minimum atomic E-state index is -0.155. The molecule has 0 aromatic heterocycles. The average molecular weight is 497 g/mol. The van der Waals surface area contributed by atoms with Gasteiger partial charge in [-0.05, 0) is 129 Å². The minimum absolute atomic E-state index is 0.00915. The van der Waals surface area contributed by atoms with E-state index in [2.05, 4.69) is 47.6 Å². The van der Waals surface area contributed by atoms with Crippen molar-refractivity contribution >= 4 is 5.97 Å². The lowest BCUT2D eigenvalue weighted by atomic mass is 9.32. The van der Waals surface area contributed by atoms with Crippen molar-refractivity contribution in [3.63, 3.8) is 0 Å². The molecule has 5 saturated carbocycles. The number of carbonyl (C=O) groups is 1. The Hall–Kier alpha value is -0.830. The third kappa shape index (κ3) is 3.16. The molecule has 202 valence electrons. The molecule has 5 fully saturated rings. The maximum atomic E-state index is 12.5. The maximum Gasteiger partial charge on any atom is 0.306 e. The van der Waals surface area contributed by atoms with Crippen LogP contribution < -0.4 is 0 Å². The molecule has 0 saturated heterocycles. The quantitative estimate of drug-likeness (QED) is 0.276. The summed E-state index contributed by atoms with van der Waals surface area (Å²) in [6.07, 6.45) is 16.1.